The van der Waals surface area contributed by atoms with Gasteiger partial charge in [-0.05, 0) is 49.4 Å². The van der Waals surface area contributed by atoms with E-state index in [4.69, 9.17) is 4.74 Å². The largest absolute Gasteiger partial charge is 0.437 e. The second-order valence-electron chi connectivity index (χ2n) is 6.49. The lowest BCUT2D eigenvalue weighted by Crippen LogP contribution is -2.34. The summed E-state index contributed by atoms with van der Waals surface area (Å²) in [5.74, 6) is 1.54. The molecule has 1 aromatic carbocycles. The molecule has 2 aromatic heterocycles. The van der Waals surface area contributed by atoms with Crippen LogP contribution in [-0.2, 0) is 0 Å². The number of benzene rings is 1. The van der Waals surface area contributed by atoms with Crippen LogP contribution in [-0.4, -0.2) is 40.4 Å². The lowest BCUT2D eigenvalue weighted by atomic mass is 10.2. The number of rotatable bonds is 10. The first-order valence-corrected chi connectivity index (χ1v) is 9.71. The number of ether oxygens (including phenoxy) is 1. The van der Waals surface area contributed by atoms with E-state index in [1.807, 2.05) is 12.1 Å². The number of nitrogens with zero attached hydrogens (tertiary/aromatic N) is 3. The second-order valence-corrected chi connectivity index (χ2v) is 6.49. The predicted molar refractivity (Wildman–Crippen MR) is 113 cm³/mol. The van der Waals surface area contributed by atoms with Crippen molar-refractivity contribution in [1.29, 1.82) is 0 Å². The van der Waals surface area contributed by atoms with Crippen molar-refractivity contribution in [3.63, 3.8) is 0 Å². The molecule has 0 saturated carbocycles. The van der Waals surface area contributed by atoms with Crippen LogP contribution < -0.4 is 15.4 Å². The number of anilines is 1. The molecule has 0 aliphatic heterocycles. The Kier molecular flexibility index (Phi) is 7.24. The van der Waals surface area contributed by atoms with E-state index in [2.05, 4.69) is 39.4 Å². The normalized spacial score (nSPS) is 11.7. The molecular formula is C22H25N5O2. The molecule has 29 heavy (non-hydrogen) atoms. The molecule has 0 bridgehead atoms. The summed E-state index contributed by atoms with van der Waals surface area (Å²) in [6.07, 6.45) is 6.94. The van der Waals surface area contributed by atoms with E-state index >= 15 is 0 Å². The molecule has 3 rings (SSSR count). The number of pyridine rings is 1. The number of likely N-dealkylation sites (N-methyl/N-ethyl adjacent to an activating group) is 1. The van der Waals surface area contributed by atoms with Gasteiger partial charge in [0.15, 0.2) is 5.82 Å². The van der Waals surface area contributed by atoms with Gasteiger partial charge in [-0.3, -0.25) is 9.78 Å². The highest BCUT2D eigenvalue weighted by Gasteiger charge is 2.13. The maximum absolute atomic E-state index is 10.9. The maximum Gasteiger partial charge on any atom is 0.246 e. The van der Waals surface area contributed by atoms with E-state index in [9.17, 15) is 4.79 Å². The van der Waals surface area contributed by atoms with E-state index < -0.39 is 0 Å². The lowest BCUT2D eigenvalue weighted by Gasteiger charge is -2.18. The molecule has 7 nitrogen and oxygen atoms in total. The molecule has 7 heteroatoms. The Hall–Kier alpha value is -3.32. The van der Waals surface area contributed by atoms with Crippen molar-refractivity contribution in [3.8, 4) is 23.0 Å². The average molecular weight is 391 g/mol. The van der Waals surface area contributed by atoms with Gasteiger partial charge in [0, 0.05) is 36.1 Å². The number of aromatic nitrogens is 3. The van der Waals surface area contributed by atoms with Crippen molar-refractivity contribution in [2.24, 2.45) is 0 Å². The minimum absolute atomic E-state index is 0.331. The zero-order valence-electron chi connectivity index (χ0n) is 16.6. The van der Waals surface area contributed by atoms with Crippen molar-refractivity contribution in [2.45, 2.75) is 26.3 Å². The first-order chi connectivity index (χ1) is 14.2. The highest BCUT2D eigenvalue weighted by atomic mass is 16.5. The summed E-state index contributed by atoms with van der Waals surface area (Å²) in [7, 11) is 0. The summed E-state index contributed by atoms with van der Waals surface area (Å²) < 4.78 is 6.03. The number of hydrogen-bond acceptors (Lipinski definition) is 7. The third-order valence-corrected chi connectivity index (χ3v) is 4.43. The van der Waals surface area contributed by atoms with Gasteiger partial charge in [-0.25, -0.2) is 4.98 Å². The molecule has 2 N–H and O–H groups in total. The van der Waals surface area contributed by atoms with Gasteiger partial charge in [0.05, 0.1) is 6.20 Å². The van der Waals surface area contributed by atoms with Gasteiger partial charge in [0.2, 0.25) is 5.88 Å². The Balaban J connectivity index is 1.88. The summed E-state index contributed by atoms with van der Waals surface area (Å²) in [5.41, 5.74) is 2.10. The van der Waals surface area contributed by atoms with Crippen LogP contribution in [0.2, 0.25) is 0 Å². The zero-order valence-corrected chi connectivity index (χ0v) is 16.6. The number of carbonyl (C=O) groups excluding carboxylic acids is 1. The molecule has 0 amide bonds. The van der Waals surface area contributed by atoms with Crippen LogP contribution in [0.4, 0.5) is 5.69 Å². The molecule has 0 fully saturated rings. The third-order valence-electron chi connectivity index (χ3n) is 4.43. The first-order valence-electron chi connectivity index (χ1n) is 9.71. The fourth-order valence-electron chi connectivity index (χ4n) is 2.81. The maximum atomic E-state index is 10.9. The Labute approximate surface area is 170 Å². The summed E-state index contributed by atoms with van der Waals surface area (Å²) in [5, 5.41) is 6.82. The topological polar surface area (TPSA) is 89.0 Å². The van der Waals surface area contributed by atoms with Crippen LogP contribution in [0.5, 0.6) is 11.6 Å². The molecule has 1 atom stereocenters. The number of nitrogens with one attached hydrogen (secondary N) is 2. The molecule has 0 aliphatic carbocycles. The van der Waals surface area contributed by atoms with E-state index in [1.165, 1.54) is 0 Å². The van der Waals surface area contributed by atoms with Crippen molar-refractivity contribution in [1.82, 2.24) is 20.3 Å². The monoisotopic (exact) mass is 391 g/mol. The number of aldehydes is 1. The highest BCUT2D eigenvalue weighted by Crippen LogP contribution is 2.29. The Morgan fingerprint density at radius 3 is 2.62 bits per heavy atom. The minimum Gasteiger partial charge on any atom is -0.437 e. The Morgan fingerprint density at radius 1 is 1.14 bits per heavy atom. The number of carbonyl (C=O) groups is 1. The van der Waals surface area contributed by atoms with E-state index in [-0.39, 0.29) is 0 Å². The van der Waals surface area contributed by atoms with Gasteiger partial charge in [-0.15, -0.1) is 0 Å². The summed E-state index contributed by atoms with van der Waals surface area (Å²) in [6.45, 7) is 5.86. The highest BCUT2D eigenvalue weighted by molar-refractivity contribution is 5.74. The van der Waals surface area contributed by atoms with E-state index in [0.717, 1.165) is 31.4 Å². The Bertz CT molecular complexity index is 916. The van der Waals surface area contributed by atoms with Crippen LogP contribution in [0.25, 0.3) is 11.4 Å². The molecule has 0 aliphatic rings. The first kappa shape index (κ1) is 20.4. The van der Waals surface area contributed by atoms with Crippen molar-refractivity contribution in [3.05, 3.63) is 60.6 Å². The van der Waals surface area contributed by atoms with Gasteiger partial charge in [-0.2, -0.15) is 4.98 Å². The van der Waals surface area contributed by atoms with Crippen molar-refractivity contribution >= 4 is 12.0 Å². The van der Waals surface area contributed by atoms with Crippen LogP contribution in [0.1, 0.15) is 30.6 Å². The van der Waals surface area contributed by atoms with Crippen LogP contribution in [0, 0.1) is 0 Å². The second kappa shape index (κ2) is 10.3. The minimum atomic E-state index is 0.331. The van der Waals surface area contributed by atoms with Crippen molar-refractivity contribution in [2.75, 3.05) is 18.4 Å². The van der Waals surface area contributed by atoms with Gasteiger partial charge in [0.25, 0.3) is 0 Å². The standard InChI is InChI=1S/C22H25N5O2/c1-3-18(24-4-2)13-25-20-14-26-21(17-6-5-11-23-12-17)27-22(20)29-19-9-7-16(15-28)8-10-19/h5-12,14-15,18,24-25H,3-4,13H2,1-2H3. The molecule has 2 heterocycles. The van der Waals surface area contributed by atoms with Crippen molar-refractivity contribution < 1.29 is 9.53 Å². The van der Waals surface area contributed by atoms with Crippen LogP contribution in [0.3, 0.4) is 0 Å². The third kappa shape index (κ3) is 5.58. The molecule has 0 saturated heterocycles. The molecule has 0 spiro atoms. The summed E-state index contributed by atoms with van der Waals surface area (Å²) in [6, 6.07) is 11.0. The zero-order chi connectivity index (χ0) is 20.5. The fourth-order valence-corrected chi connectivity index (χ4v) is 2.81. The number of hydrogen-bond donors (Lipinski definition) is 2. The molecule has 3 aromatic rings. The molecule has 1 unspecified atom stereocenters. The van der Waals surface area contributed by atoms with Gasteiger partial charge in [-0.1, -0.05) is 13.8 Å². The quantitative estimate of drug-likeness (QED) is 0.506. The molecular weight excluding hydrogens is 366 g/mol. The SMILES string of the molecule is CCNC(CC)CNc1cnc(-c2cccnc2)nc1Oc1ccc(C=O)cc1. The molecule has 0 radical (unpaired) electrons. The van der Waals surface area contributed by atoms with E-state index in [1.54, 1.807) is 42.9 Å². The predicted octanol–water partition coefficient (Wildman–Crippen LogP) is 3.94. The van der Waals surface area contributed by atoms with Gasteiger partial charge < -0.3 is 15.4 Å². The molecule has 150 valence electrons. The van der Waals surface area contributed by atoms with Gasteiger partial charge >= 0.3 is 0 Å². The average Bonchev–Trinajstić information content (AvgIpc) is 2.78. The van der Waals surface area contributed by atoms with Gasteiger partial charge in [0.1, 0.15) is 17.7 Å². The lowest BCUT2D eigenvalue weighted by molar-refractivity contribution is 0.112. The van der Waals surface area contributed by atoms with Crippen LogP contribution in [0.15, 0.2) is 55.0 Å². The summed E-state index contributed by atoms with van der Waals surface area (Å²) >= 11 is 0. The fraction of sp³-hybridized carbons (Fsp3) is 0.273. The Morgan fingerprint density at radius 2 is 1.97 bits per heavy atom. The smallest absolute Gasteiger partial charge is 0.246 e. The van der Waals surface area contributed by atoms with E-state index in [0.29, 0.717) is 34.7 Å². The summed E-state index contributed by atoms with van der Waals surface area (Å²) in [4.78, 5) is 24.1. The van der Waals surface area contributed by atoms with Crippen LogP contribution >= 0.6 is 0 Å².